The number of carbonyl (C=O) groups excluding carboxylic acids is 1. The Labute approximate surface area is 163 Å². The van der Waals surface area contributed by atoms with Gasteiger partial charge in [-0.25, -0.2) is 14.4 Å². The molecule has 1 amide bonds. The molecule has 0 radical (unpaired) electrons. The van der Waals surface area contributed by atoms with Gasteiger partial charge in [0.25, 0.3) is 5.91 Å². The molecule has 1 aliphatic heterocycles. The molecule has 0 bridgehead atoms. The molecule has 1 saturated heterocycles. The molecule has 2 aromatic carbocycles. The summed E-state index contributed by atoms with van der Waals surface area (Å²) in [6, 6.07) is 17.6. The summed E-state index contributed by atoms with van der Waals surface area (Å²) in [6.07, 6.45) is 0. The van der Waals surface area contributed by atoms with Crippen LogP contribution in [0.5, 0.6) is 0 Å². The molecular formula is C22H21FN4O. The zero-order valence-corrected chi connectivity index (χ0v) is 15.7. The Balaban J connectivity index is 1.50. The van der Waals surface area contributed by atoms with Crippen molar-refractivity contribution in [3.63, 3.8) is 0 Å². The second-order valence-corrected chi connectivity index (χ2v) is 6.85. The molecule has 5 nitrogen and oxygen atoms in total. The van der Waals surface area contributed by atoms with Crippen LogP contribution in [0.25, 0.3) is 11.4 Å². The minimum atomic E-state index is -0.308. The quantitative estimate of drug-likeness (QED) is 0.701. The van der Waals surface area contributed by atoms with E-state index in [-0.39, 0.29) is 11.7 Å². The molecule has 0 aliphatic carbocycles. The Bertz CT molecular complexity index is 985. The molecule has 3 aromatic rings. The van der Waals surface area contributed by atoms with Crippen LogP contribution >= 0.6 is 0 Å². The highest BCUT2D eigenvalue weighted by Crippen LogP contribution is 2.22. The maximum atomic E-state index is 13.6. The van der Waals surface area contributed by atoms with E-state index < -0.39 is 0 Å². The predicted octanol–water partition coefficient (Wildman–Crippen LogP) is 3.55. The number of rotatable bonds is 3. The number of hydrogen-bond donors (Lipinski definition) is 0. The maximum Gasteiger partial charge on any atom is 0.253 e. The van der Waals surface area contributed by atoms with E-state index in [4.69, 9.17) is 0 Å². The minimum absolute atomic E-state index is 0.0552. The molecule has 1 aliphatic rings. The monoisotopic (exact) mass is 376 g/mol. The average molecular weight is 376 g/mol. The smallest absolute Gasteiger partial charge is 0.253 e. The van der Waals surface area contributed by atoms with Crippen LogP contribution < -0.4 is 4.90 Å². The number of hydrogen-bond acceptors (Lipinski definition) is 4. The summed E-state index contributed by atoms with van der Waals surface area (Å²) in [5, 5.41) is 0. The van der Waals surface area contributed by atoms with E-state index in [2.05, 4.69) is 14.9 Å². The maximum absolute atomic E-state index is 13.6. The Morgan fingerprint density at radius 1 is 0.929 bits per heavy atom. The minimum Gasteiger partial charge on any atom is -0.353 e. The topological polar surface area (TPSA) is 49.3 Å². The highest BCUT2D eigenvalue weighted by Gasteiger charge is 2.23. The molecule has 1 fully saturated rings. The number of carbonyl (C=O) groups is 1. The number of aromatic nitrogens is 2. The number of aryl methyl sites for hydroxylation is 1. The van der Waals surface area contributed by atoms with E-state index in [0.717, 1.165) is 11.5 Å². The molecule has 6 heteroatoms. The van der Waals surface area contributed by atoms with Crippen molar-refractivity contribution in [1.82, 2.24) is 14.9 Å². The third kappa shape index (κ3) is 3.86. The normalized spacial score (nSPS) is 14.2. The third-order valence-electron chi connectivity index (χ3n) is 4.84. The lowest BCUT2D eigenvalue weighted by molar-refractivity contribution is 0.0746. The van der Waals surface area contributed by atoms with Crippen LogP contribution in [0, 0.1) is 12.7 Å². The molecular weight excluding hydrogens is 355 g/mol. The number of halogens is 1. The molecule has 2 heterocycles. The van der Waals surface area contributed by atoms with Crippen LogP contribution in [-0.2, 0) is 0 Å². The summed E-state index contributed by atoms with van der Waals surface area (Å²) < 4.78 is 13.6. The van der Waals surface area contributed by atoms with Crippen molar-refractivity contribution in [2.45, 2.75) is 6.92 Å². The Morgan fingerprint density at radius 2 is 1.68 bits per heavy atom. The number of piperazine rings is 1. The zero-order valence-electron chi connectivity index (χ0n) is 15.7. The van der Waals surface area contributed by atoms with Crippen molar-refractivity contribution >= 4 is 11.7 Å². The summed E-state index contributed by atoms with van der Waals surface area (Å²) in [7, 11) is 0. The summed E-state index contributed by atoms with van der Waals surface area (Å²) in [5.74, 6) is 1.06. The first-order valence-electron chi connectivity index (χ1n) is 9.31. The van der Waals surface area contributed by atoms with Crippen LogP contribution in [0.4, 0.5) is 10.2 Å². The SMILES string of the molecule is Cc1cc(N2CCN(C(=O)c3ccccc3)CC2)nc(-c2cccc(F)c2)n1. The highest BCUT2D eigenvalue weighted by molar-refractivity contribution is 5.94. The van der Waals surface area contributed by atoms with Gasteiger partial charge in [0.05, 0.1) is 0 Å². The standard InChI is InChI=1S/C22H21FN4O/c1-16-14-20(25-21(24-16)18-8-5-9-19(23)15-18)26-10-12-27(13-11-26)22(28)17-6-3-2-4-7-17/h2-9,14-15H,10-13H2,1H3. The van der Waals surface area contributed by atoms with Gasteiger partial charge in [0.15, 0.2) is 5.82 Å². The van der Waals surface area contributed by atoms with Gasteiger partial charge in [0.2, 0.25) is 0 Å². The molecule has 4 rings (SSSR count). The largest absolute Gasteiger partial charge is 0.353 e. The number of benzene rings is 2. The van der Waals surface area contributed by atoms with Gasteiger partial charge in [-0.1, -0.05) is 30.3 Å². The third-order valence-corrected chi connectivity index (χ3v) is 4.84. The van der Waals surface area contributed by atoms with Crippen molar-refractivity contribution < 1.29 is 9.18 Å². The number of nitrogens with zero attached hydrogens (tertiary/aromatic N) is 4. The molecule has 1 aromatic heterocycles. The summed E-state index contributed by atoms with van der Waals surface area (Å²) >= 11 is 0. The van der Waals surface area contributed by atoms with Gasteiger partial charge in [-0.2, -0.15) is 0 Å². The van der Waals surface area contributed by atoms with Crippen LogP contribution in [-0.4, -0.2) is 47.0 Å². The summed E-state index contributed by atoms with van der Waals surface area (Å²) in [5.41, 5.74) is 2.19. The van der Waals surface area contributed by atoms with E-state index in [1.54, 1.807) is 12.1 Å². The molecule has 0 unspecified atom stereocenters. The van der Waals surface area contributed by atoms with Gasteiger partial charge in [-0.05, 0) is 31.2 Å². The highest BCUT2D eigenvalue weighted by atomic mass is 19.1. The predicted molar refractivity (Wildman–Crippen MR) is 107 cm³/mol. The van der Waals surface area contributed by atoms with E-state index >= 15 is 0 Å². The van der Waals surface area contributed by atoms with Crippen LogP contribution in [0.15, 0.2) is 60.7 Å². The first kappa shape index (κ1) is 18.1. The lowest BCUT2D eigenvalue weighted by atomic mass is 10.2. The van der Waals surface area contributed by atoms with Gasteiger partial charge in [-0.15, -0.1) is 0 Å². The van der Waals surface area contributed by atoms with Gasteiger partial charge in [0.1, 0.15) is 11.6 Å². The second kappa shape index (κ2) is 7.76. The van der Waals surface area contributed by atoms with Gasteiger partial charge >= 0.3 is 0 Å². The second-order valence-electron chi connectivity index (χ2n) is 6.85. The van der Waals surface area contributed by atoms with Crippen molar-refractivity contribution in [2.24, 2.45) is 0 Å². The fourth-order valence-electron chi connectivity index (χ4n) is 3.37. The van der Waals surface area contributed by atoms with Gasteiger partial charge in [0, 0.05) is 49.1 Å². The molecule has 0 spiro atoms. The molecule has 142 valence electrons. The molecule has 0 saturated carbocycles. The fourth-order valence-corrected chi connectivity index (χ4v) is 3.37. The van der Waals surface area contributed by atoms with E-state index in [1.807, 2.05) is 48.2 Å². The first-order valence-corrected chi connectivity index (χ1v) is 9.31. The van der Waals surface area contributed by atoms with Crippen molar-refractivity contribution in [3.8, 4) is 11.4 Å². The van der Waals surface area contributed by atoms with E-state index in [1.165, 1.54) is 12.1 Å². The van der Waals surface area contributed by atoms with E-state index in [0.29, 0.717) is 43.1 Å². The Hall–Kier alpha value is -3.28. The van der Waals surface area contributed by atoms with Crippen molar-refractivity contribution in [1.29, 1.82) is 0 Å². The lowest BCUT2D eigenvalue weighted by Gasteiger charge is -2.35. The summed E-state index contributed by atoms with van der Waals surface area (Å²) in [6.45, 7) is 4.55. The zero-order chi connectivity index (χ0) is 19.5. The summed E-state index contributed by atoms with van der Waals surface area (Å²) in [4.78, 5) is 25.7. The molecule has 0 atom stereocenters. The molecule has 28 heavy (non-hydrogen) atoms. The van der Waals surface area contributed by atoms with Gasteiger partial charge < -0.3 is 9.80 Å². The van der Waals surface area contributed by atoms with Crippen molar-refractivity contribution in [3.05, 3.63) is 77.7 Å². The number of anilines is 1. The first-order chi connectivity index (χ1) is 13.6. The van der Waals surface area contributed by atoms with E-state index in [9.17, 15) is 9.18 Å². The Morgan fingerprint density at radius 3 is 2.39 bits per heavy atom. The average Bonchev–Trinajstić information content (AvgIpc) is 2.73. The van der Waals surface area contributed by atoms with Crippen LogP contribution in [0.2, 0.25) is 0 Å². The lowest BCUT2D eigenvalue weighted by Crippen LogP contribution is -2.49. The number of amides is 1. The van der Waals surface area contributed by atoms with Gasteiger partial charge in [-0.3, -0.25) is 4.79 Å². The molecule has 0 N–H and O–H groups in total. The Kier molecular flexibility index (Phi) is 5.02. The fraction of sp³-hybridized carbons (Fsp3) is 0.227. The van der Waals surface area contributed by atoms with Crippen LogP contribution in [0.1, 0.15) is 16.1 Å². The van der Waals surface area contributed by atoms with Crippen molar-refractivity contribution in [2.75, 3.05) is 31.1 Å². The van der Waals surface area contributed by atoms with Crippen LogP contribution in [0.3, 0.4) is 0 Å².